The number of aryl methyl sites for hydroxylation is 1. The average molecular weight is 295 g/mol. The number of hydrogen-bond acceptors (Lipinski definition) is 3. The van der Waals surface area contributed by atoms with Crippen molar-refractivity contribution in [3.63, 3.8) is 0 Å². The predicted molar refractivity (Wildman–Crippen MR) is 63.4 cm³/mol. The van der Waals surface area contributed by atoms with Crippen molar-refractivity contribution in [3.8, 4) is 0 Å². The Bertz CT molecular complexity index is 315. The number of pyridine rings is 1. The number of hydrogen-bond donors (Lipinski definition) is 2. The zero-order valence-corrected chi connectivity index (χ0v) is 10.7. The molecular formula is C10H13BrClNO2. The van der Waals surface area contributed by atoms with Crippen LogP contribution in [0.3, 0.4) is 0 Å². The minimum Gasteiger partial charge on any atom is -0.390 e. The van der Waals surface area contributed by atoms with Crippen LogP contribution in [0.25, 0.3) is 0 Å². The van der Waals surface area contributed by atoms with Crippen LogP contribution < -0.4 is 0 Å². The summed E-state index contributed by atoms with van der Waals surface area (Å²) in [6, 6.07) is 1.76. The van der Waals surface area contributed by atoms with Gasteiger partial charge >= 0.3 is 0 Å². The number of aromatic nitrogens is 1. The standard InChI is InChI=1S/C10H13BrClNO2/c1-6-3-5-13-10(12)8(6)9(15)7(14)2-4-11/h3,5,7,9,14-15H,2,4H2,1H3. The van der Waals surface area contributed by atoms with E-state index in [4.69, 9.17) is 11.6 Å². The zero-order chi connectivity index (χ0) is 11.4. The van der Waals surface area contributed by atoms with Crippen molar-refractivity contribution in [1.29, 1.82) is 0 Å². The first kappa shape index (κ1) is 12.9. The first-order valence-corrected chi connectivity index (χ1v) is 6.11. The van der Waals surface area contributed by atoms with Crippen molar-refractivity contribution < 1.29 is 10.2 Å². The van der Waals surface area contributed by atoms with Crippen molar-refractivity contribution in [2.45, 2.75) is 25.6 Å². The van der Waals surface area contributed by atoms with E-state index in [1.165, 1.54) is 0 Å². The van der Waals surface area contributed by atoms with Gasteiger partial charge in [-0.3, -0.25) is 0 Å². The van der Waals surface area contributed by atoms with Crippen LogP contribution in [0.5, 0.6) is 0 Å². The van der Waals surface area contributed by atoms with Crippen LogP contribution in [0, 0.1) is 6.92 Å². The van der Waals surface area contributed by atoms with E-state index in [-0.39, 0.29) is 5.15 Å². The van der Waals surface area contributed by atoms with Crippen molar-refractivity contribution in [3.05, 3.63) is 28.5 Å². The molecule has 0 aliphatic rings. The maximum absolute atomic E-state index is 9.89. The molecule has 15 heavy (non-hydrogen) atoms. The third-order valence-corrected chi connectivity index (χ3v) is 2.98. The van der Waals surface area contributed by atoms with Crippen LogP contribution in [-0.2, 0) is 0 Å². The highest BCUT2D eigenvalue weighted by Crippen LogP contribution is 2.27. The van der Waals surface area contributed by atoms with Gasteiger partial charge in [0, 0.05) is 17.1 Å². The highest BCUT2D eigenvalue weighted by Gasteiger charge is 2.22. The van der Waals surface area contributed by atoms with Crippen molar-refractivity contribution in [2.24, 2.45) is 0 Å². The number of rotatable bonds is 4. The van der Waals surface area contributed by atoms with Crippen LogP contribution >= 0.6 is 27.5 Å². The molecule has 1 aromatic heterocycles. The Morgan fingerprint density at radius 1 is 1.53 bits per heavy atom. The Balaban J connectivity index is 2.94. The number of aliphatic hydroxyl groups is 2. The molecule has 0 amide bonds. The summed E-state index contributed by atoms with van der Waals surface area (Å²) < 4.78 is 0. The van der Waals surface area contributed by atoms with E-state index in [0.29, 0.717) is 17.3 Å². The Morgan fingerprint density at radius 2 is 2.20 bits per heavy atom. The van der Waals surface area contributed by atoms with Crippen LogP contribution in [0.15, 0.2) is 12.3 Å². The van der Waals surface area contributed by atoms with Gasteiger partial charge in [0.2, 0.25) is 0 Å². The van der Waals surface area contributed by atoms with Gasteiger partial charge in [-0.1, -0.05) is 27.5 Å². The fraction of sp³-hybridized carbons (Fsp3) is 0.500. The lowest BCUT2D eigenvalue weighted by molar-refractivity contribution is 0.0168. The molecule has 0 saturated carbocycles. The van der Waals surface area contributed by atoms with E-state index in [1.54, 1.807) is 12.3 Å². The first-order valence-electron chi connectivity index (χ1n) is 4.61. The van der Waals surface area contributed by atoms with Gasteiger partial charge in [-0.25, -0.2) is 4.98 Å². The molecule has 2 unspecified atom stereocenters. The summed E-state index contributed by atoms with van der Waals surface area (Å²) in [6.45, 7) is 1.83. The van der Waals surface area contributed by atoms with E-state index >= 15 is 0 Å². The topological polar surface area (TPSA) is 53.4 Å². The second kappa shape index (κ2) is 5.80. The molecule has 2 atom stereocenters. The van der Waals surface area contributed by atoms with E-state index < -0.39 is 12.2 Å². The summed E-state index contributed by atoms with van der Waals surface area (Å²) in [5, 5.41) is 20.4. The van der Waals surface area contributed by atoms with Gasteiger partial charge in [0.05, 0.1) is 6.10 Å². The molecule has 0 radical (unpaired) electrons. The van der Waals surface area contributed by atoms with Gasteiger partial charge in [-0.2, -0.15) is 0 Å². The summed E-state index contributed by atoms with van der Waals surface area (Å²) in [6.07, 6.45) is 0.227. The van der Waals surface area contributed by atoms with Crippen LogP contribution in [0.4, 0.5) is 0 Å². The summed E-state index contributed by atoms with van der Waals surface area (Å²) >= 11 is 9.08. The van der Waals surface area contributed by atoms with Gasteiger partial charge in [0.15, 0.2) is 0 Å². The van der Waals surface area contributed by atoms with E-state index in [1.807, 2.05) is 6.92 Å². The molecule has 0 aromatic carbocycles. The monoisotopic (exact) mass is 293 g/mol. The van der Waals surface area contributed by atoms with Crippen LogP contribution in [-0.4, -0.2) is 26.6 Å². The Kier molecular flexibility index (Phi) is 4.99. The summed E-state index contributed by atoms with van der Waals surface area (Å²) in [5.41, 5.74) is 1.34. The molecule has 2 N–H and O–H groups in total. The third kappa shape index (κ3) is 3.14. The average Bonchev–Trinajstić information content (AvgIpc) is 2.17. The van der Waals surface area contributed by atoms with Crippen molar-refractivity contribution in [1.82, 2.24) is 4.98 Å². The fourth-order valence-corrected chi connectivity index (χ4v) is 2.14. The SMILES string of the molecule is Cc1ccnc(Cl)c1C(O)C(O)CCBr. The fourth-order valence-electron chi connectivity index (χ4n) is 1.35. The smallest absolute Gasteiger partial charge is 0.135 e. The van der Waals surface area contributed by atoms with Gasteiger partial charge in [-0.05, 0) is 25.0 Å². The Hall–Kier alpha value is -0.160. The molecule has 0 fully saturated rings. The lowest BCUT2D eigenvalue weighted by atomic mass is 10.0. The molecule has 1 aromatic rings. The summed E-state index contributed by atoms with van der Waals surface area (Å²) in [4.78, 5) is 3.89. The van der Waals surface area contributed by atoms with Gasteiger partial charge in [-0.15, -0.1) is 0 Å². The predicted octanol–water partition coefficient (Wildman–Crippen LogP) is 2.22. The molecule has 0 bridgehead atoms. The minimum absolute atomic E-state index is 0.246. The largest absolute Gasteiger partial charge is 0.390 e. The Labute approximate surface area is 102 Å². The van der Waals surface area contributed by atoms with E-state index in [9.17, 15) is 10.2 Å². The number of halogens is 2. The molecule has 0 aliphatic heterocycles. The second-order valence-corrected chi connectivity index (χ2v) is 4.47. The third-order valence-electron chi connectivity index (χ3n) is 2.22. The Morgan fingerprint density at radius 3 is 2.73 bits per heavy atom. The van der Waals surface area contributed by atoms with Crippen LogP contribution in [0.1, 0.15) is 23.7 Å². The molecule has 0 spiro atoms. The van der Waals surface area contributed by atoms with E-state index in [0.717, 1.165) is 5.56 Å². The van der Waals surface area contributed by atoms with Gasteiger partial charge < -0.3 is 10.2 Å². The molecule has 3 nitrogen and oxygen atoms in total. The molecule has 0 aliphatic carbocycles. The minimum atomic E-state index is -0.983. The number of alkyl halides is 1. The molecular weight excluding hydrogens is 281 g/mol. The van der Waals surface area contributed by atoms with Crippen molar-refractivity contribution >= 4 is 27.5 Å². The molecule has 5 heteroatoms. The maximum Gasteiger partial charge on any atom is 0.135 e. The van der Waals surface area contributed by atoms with Crippen LogP contribution in [0.2, 0.25) is 5.15 Å². The van der Waals surface area contributed by atoms with E-state index in [2.05, 4.69) is 20.9 Å². The van der Waals surface area contributed by atoms with Crippen molar-refractivity contribution in [2.75, 3.05) is 5.33 Å². The lowest BCUT2D eigenvalue weighted by Gasteiger charge is -2.19. The second-order valence-electron chi connectivity index (χ2n) is 3.32. The highest BCUT2D eigenvalue weighted by molar-refractivity contribution is 9.09. The summed E-state index contributed by atoms with van der Waals surface area (Å²) in [5.74, 6) is 0. The van der Waals surface area contributed by atoms with Gasteiger partial charge in [0.25, 0.3) is 0 Å². The number of nitrogens with zero attached hydrogens (tertiary/aromatic N) is 1. The molecule has 1 rings (SSSR count). The number of aliphatic hydroxyl groups excluding tert-OH is 2. The highest BCUT2D eigenvalue weighted by atomic mass is 79.9. The first-order chi connectivity index (χ1) is 7.07. The van der Waals surface area contributed by atoms with Gasteiger partial charge in [0.1, 0.15) is 11.3 Å². The molecule has 1 heterocycles. The molecule has 84 valence electrons. The molecule has 0 saturated heterocycles. The lowest BCUT2D eigenvalue weighted by Crippen LogP contribution is -2.20. The normalized spacial score (nSPS) is 15.0. The zero-order valence-electron chi connectivity index (χ0n) is 8.32. The summed E-state index contributed by atoms with van der Waals surface area (Å²) in [7, 11) is 0. The maximum atomic E-state index is 9.89. The quantitative estimate of drug-likeness (QED) is 0.661.